The van der Waals surface area contributed by atoms with Crippen molar-refractivity contribution in [3.63, 3.8) is 0 Å². The molecular formula is C13H15N3OS. The number of aryl methyl sites for hydroxylation is 1. The van der Waals surface area contributed by atoms with Crippen LogP contribution in [-0.2, 0) is 6.42 Å². The van der Waals surface area contributed by atoms with Crippen LogP contribution in [0.5, 0.6) is 0 Å². The monoisotopic (exact) mass is 261 g/mol. The molecule has 0 bridgehead atoms. The third kappa shape index (κ3) is 2.00. The number of nitrogens with zero attached hydrogens (tertiary/aromatic N) is 2. The van der Waals surface area contributed by atoms with Crippen LogP contribution in [0.25, 0.3) is 0 Å². The molecule has 2 atom stereocenters. The topological polar surface area (TPSA) is 58.7 Å². The Labute approximate surface area is 111 Å². The van der Waals surface area contributed by atoms with Crippen LogP contribution >= 0.6 is 11.3 Å². The van der Waals surface area contributed by atoms with E-state index in [0.717, 1.165) is 11.3 Å². The van der Waals surface area contributed by atoms with Gasteiger partial charge in [0, 0.05) is 9.75 Å². The number of hydrogen-bond acceptors (Lipinski definition) is 3. The molecule has 0 fully saturated rings. The Hall–Kier alpha value is -1.80. The fourth-order valence-corrected chi connectivity index (χ4v) is 3.03. The third-order valence-electron chi connectivity index (χ3n) is 2.96. The molecule has 2 amide bonds. The number of amidine groups is 1. The first-order chi connectivity index (χ1) is 8.58. The van der Waals surface area contributed by atoms with Crippen molar-refractivity contribution in [2.24, 2.45) is 10.7 Å². The first kappa shape index (κ1) is 12.7. The number of aliphatic imine (C=N–C) groups is 1. The van der Waals surface area contributed by atoms with E-state index in [4.69, 9.17) is 12.2 Å². The molecule has 1 aromatic heterocycles. The van der Waals surface area contributed by atoms with Crippen LogP contribution in [0.4, 0.5) is 4.79 Å². The van der Waals surface area contributed by atoms with E-state index >= 15 is 0 Å². The Morgan fingerprint density at radius 3 is 2.94 bits per heavy atom. The number of nitrogens with two attached hydrogens (primary N) is 1. The van der Waals surface area contributed by atoms with Gasteiger partial charge in [0.15, 0.2) is 0 Å². The zero-order valence-electron chi connectivity index (χ0n) is 10.4. The van der Waals surface area contributed by atoms with Gasteiger partial charge in [0.2, 0.25) is 0 Å². The lowest BCUT2D eigenvalue weighted by Gasteiger charge is -2.26. The molecule has 2 N–H and O–H groups in total. The second-order valence-corrected chi connectivity index (χ2v) is 5.33. The normalized spacial score (nSPS) is 20.7. The molecule has 4 nitrogen and oxygen atoms in total. The molecule has 1 aliphatic rings. The summed E-state index contributed by atoms with van der Waals surface area (Å²) >= 11 is 1.64. The van der Waals surface area contributed by atoms with Crippen molar-refractivity contribution in [3.05, 3.63) is 21.9 Å². The van der Waals surface area contributed by atoms with E-state index in [9.17, 15) is 4.79 Å². The second kappa shape index (κ2) is 4.83. The van der Waals surface area contributed by atoms with Gasteiger partial charge in [-0.3, -0.25) is 4.90 Å². The summed E-state index contributed by atoms with van der Waals surface area (Å²) in [4.78, 5) is 19.5. The third-order valence-corrected chi connectivity index (χ3v) is 4.24. The first-order valence-corrected chi connectivity index (χ1v) is 6.61. The molecular weight excluding hydrogens is 246 g/mol. The zero-order chi connectivity index (χ0) is 13.3. The van der Waals surface area contributed by atoms with Crippen molar-refractivity contribution in [3.8, 4) is 12.3 Å². The maximum absolute atomic E-state index is 11.8. The Morgan fingerprint density at radius 1 is 1.67 bits per heavy atom. The number of carbonyl (C=O) groups excluding carboxylic acids is 1. The molecule has 0 saturated carbocycles. The van der Waals surface area contributed by atoms with Crippen molar-refractivity contribution in [1.29, 1.82) is 0 Å². The highest BCUT2D eigenvalue weighted by atomic mass is 32.1. The highest BCUT2D eigenvalue weighted by Gasteiger charge is 2.37. The largest absolute Gasteiger partial charge is 0.385 e. The summed E-state index contributed by atoms with van der Waals surface area (Å²) in [6.07, 6.45) is 6.36. The van der Waals surface area contributed by atoms with E-state index in [-0.39, 0.29) is 18.1 Å². The van der Waals surface area contributed by atoms with Gasteiger partial charge in [0.05, 0.1) is 6.04 Å². The van der Waals surface area contributed by atoms with Gasteiger partial charge in [-0.25, -0.2) is 4.79 Å². The molecule has 18 heavy (non-hydrogen) atoms. The average molecular weight is 261 g/mol. The Morgan fingerprint density at radius 2 is 2.39 bits per heavy atom. The van der Waals surface area contributed by atoms with Gasteiger partial charge in [-0.2, -0.15) is 4.99 Å². The fourth-order valence-electron chi connectivity index (χ4n) is 1.97. The van der Waals surface area contributed by atoms with Crippen molar-refractivity contribution in [2.45, 2.75) is 32.4 Å². The molecule has 0 radical (unpaired) electrons. The van der Waals surface area contributed by atoms with Crippen LogP contribution in [0.15, 0.2) is 17.1 Å². The maximum Gasteiger partial charge on any atom is 0.347 e. The smallest absolute Gasteiger partial charge is 0.347 e. The number of rotatable bonds is 3. The molecule has 2 unspecified atom stereocenters. The van der Waals surface area contributed by atoms with Crippen molar-refractivity contribution < 1.29 is 4.79 Å². The summed E-state index contributed by atoms with van der Waals surface area (Å²) in [6.45, 7) is 3.89. The number of urea groups is 1. The van der Waals surface area contributed by atoms with Crippen LogP contribution in [0.2, 0.25) is 0 Å². The molecule has 0 aliphatic carbocycles. The first-order valence-electron chi connectivity index (χ1n) is 5.79. The van der Waals surface area contributed by atoms with Gasteiger partial charge in [-0.15, -0.1) is 17.8 Å². The zero-order valence-corrected chi connectivity index (χ0v) is 11.2. The lowest BCUT2D eigenvalue weighted by atomic mass is 10.1. The van der Waals surface area contributed by atoms with Gasteiger partial charge < -0.3 is 5.73 Å². The molecule has 5 heteroatoms. The number of hydrogen-bond donors (Lipinski definition) is 1. The second-order valence-electron chi connectivity index (χ2n) is 4.13. The number of terminal acetylenes is 1. The maximum atomic E-state index is 11.8. The molecule has 0 spiro atoms. The minimum Gasteiger partial charge on any atom is -0.385 e. The summed E-state index contributed by atoms with van der Waals surface area (Å²) < 4.78 is 0. The van der Waals surface area contributed by atoms with Gasteiger partial charge in [0.25, 0.3) is 0 Å². The molecule has 0 aromatic carbocycles. The van der Waals surface area contributed by atoms with Gasteiger partial charge >= 0.3 is 6.03 Å². The molecule has 94 valence electrons. The van der Waals surface area contributed by atoms with E-state index in [2.05, 4.69) is 23.9 Å². The van der Waals surface area contributed by atoms with E-state index in [1.807, 2.05) is 6.07 Å². The molecule has 1 aliphatic heterocycles. The minimum absolute atomic E-state index is 0.311. The highest BCUT2D eigenvalue weighted by Crippen LogP contribution is 2.33. The number of amides is 2. The van der Waals surface area contributed by atoms with Crippen LogP contribution in [0, 0.1) is 12.3 Å². The van der Waals surface area contributed by atoms with Crippen LogP contribution in [0.3, 0.4) is 0 Å². The van der Waals surface area contributed by atoms with Crippen molar-refractivity contribution in [1.82, 2.24) is 4.90 Å². The summed E-state index contributed by atoms with van der Waals surface area (Å²) in [6, 6.07) is 3.06. The predicted octanol–water partition coefficient (Wildman–Crippen LogP) is 2.17. The Bertz CT molecular complexity index is 541. The summed E-state index contributed by atoms with van der Waals surface area (Å²) in [5, 5.41) is 0. The number of carbonyl (C=O) groups is 1. The van der Waals surface area contributed by atoms with E-state index in [1.54, 1.807) is 23.2 Å². The average Bonchev–Trinajstić information content (AvgIpc) is 2.92. The van der Waals surface area contributed by atoms with Crippen LogP contribution < -0.4 is 5.73 Å². The van der Waals surface area contributed by atoms with E-state index in [0.29, 0.717) is 5.84 Å². The standard InChI is InChI=1S/C13H15N3OS/c1-4-8(3)16-11(12(14)15-13(16)17)10-7-6-9(5-2)18-10/h1,6-8,11H,5H2,2-3H3,(H2,14,15,17). The van der Waals surface area contributed by atoms with Crippen molar-refractivity contribution in [2.75, 3.05) is 0 Å². The van der Waals surface area contributed by atoms with E-state index < -0.39 is 0 Å². The Balaban J connectivity index is 2.37. The van der Waals surface area contributed by atoms with Crippen LogP contribution in [0.1, 0.15) is 29.6 Å². The summed E-state index contributed by atoms with van der Waals surface area (Å²) in [7, 11) is 0. The number of thiophene rings is 1. The summed E-state index contributed by atoms with van der Waals surface area (Å²) in [5.41, 5.74) is 5.86. The van der Waals surface area contributed by atoms with E-state index in [1.165, 1.54) is 4.88 Å². The van der Waals surface area contributed by atoms with Gasteiger partial charge in [-0.05, 0) is 25.5 Å². The molecule has 0 saturated heterocycles. The van der Waals surface area contributed by atoms with Gasteiger partial charge in [-0.1, -0.05) is 12.8 Å². The van der Waals surface area contributed by atoms with Crippen LogP contribution in [-0.4, -0.2) is 22.8 Å². The highest BCUT2D eigenvalue weighted by molar-refractivity contribution is 7.12. The summed E-state index contributed by atoms with van der Waals surface area (Å²) in [5.74, 6) is 2.88. The minimum atomic E-state index is -0.352. The lowest BCUT2D eigenvalue weighted by molar-refractivity contribution is 0.199. The Kier molecular flexibility index (Phi) is 3.39. The predicted molar refractivity (Wildman–Crippen MR) is 73.6 cm³/mol. The quantitative estimate of drug-likeness (QED) is 0.848. The molecule has 1 aromatic rings. The SMILES string of the molecule is C#CC(C)N1C(=O)N=C(N)C1c1ccc(CC)s1. The van der Waals surface area contributed by atoms with Gasteiger partial charge in [0.1, 0.15) is 11.9 Å². The fraction of sp³-hybridized carbons (Fsp3) is 0.385. The van der Waals surface area contributed by atoms with Crippen molar-refractivity contribution >= 4 is 23.2 Å². The molecule has 2 heterocycles. The lowest BCUT2D eigenvalue weighted by Crippen LogP contribution is -2.38. The molecule has 2 rings (SSSR count).